The molecule has 0 radical (unpaired) electrons. The van der Waals surface area contributed by atoms with Crippen LogP contribution in [0.15, 0.2) is 46.9 Å². The molecule has 5 heteroatoms. The summed E-state index contributed by atoms with van der Waals surface area (Å²) in [6.45, 7) is 2.28. The van der Waals surface area contributed by atoms with Crippen LogP contribution in [-0.2, 0) is 0 Å². The predicted molar refractivity (Wildman–Crippen MR) is 79.7 cm³/mol. The van der Waals surface area contributed by atoms with E-state index >= 15 is 0 Å². The van der Waals surface area contributed by atoms with Crippen molar-refractivity contribution in [2.45, 2.75) is 6.92 Å². The Labute approximate surface area is 124 Å². The van der Waals surface area contributed by atoms with Gasteiger partial charge in [0.25, 0.3) is 5.91 Å². The van der Waals surface area contributed by atoms with Crippen LogP contribution in [-0.4, -0.2) is 12.5 Å². The molecule has 0 unspecified atom stereocenters. The fraction of sp³-hybridized carbons (Fsp3) is 0.133. The van der Waals surface area contributed by atoms with E-state index in [9.17, 15) is 9.18 Å². The molecular weight excluding hydrogens is 325 g/mol. The quantitative estimate of drug-likeness (QED) is 0.906. The van der Waals surface area contributed by atoms with Crippen molar-refractivity contribution < 1.29 is 13.9 Å². The monoisotopic (exact) mass is 337 g/mol. The normalized spacial score (nSPS) is 10.2. The second kappa shape index (κ2) is 6.52. The van der Waals surface area contributed by atoms with Gasteiger partial charge in [0.15, 0.2) is 0 Å². The van der Waals surface area contributed by atoms with E-state index in [1.165, 1.54) is 12.1 Å². The summed E-state index contributed by atoms with van der Waals surface area (Å²) < 4.78 is 19.7. The zero-order chi connectivity index (χ0) is 14.5. The molecule has 1 N–H and O–H groups in total. The summed E-state index contributed by atoms with van der Waals surface area (Å²) >= 11 is 3.31. The van der Waals surface area contributed by atoms with Crippen LogP contribution >= 0.6 is 15.9 Å². The molecule has 0 fully saturated rings. The highest BCUT2D eigenvalue weighted by Crippen LogP contribution is 2.25. The van der Waals surface area contributed by atoms with E-state index in [4.69, 9.17) is 4.74 Å². The molecular formula is C15H13BrFNO2. The van der Waals surface area contributed by atoms with Gasteiger partial charge in [-0.15, -0.1) is 0 Å². The van der Waals surface area contributed by atoms with Gasteiger partial charge in [-0.1, -0.05) is 28.1 Å². The summed E-state index contributed by atoms with van der Waals surface area (Å²) in [4.78, 5) is 12.2. The van der Waals surface area contributed by atoms with Crippen LogP contribution in [0.5, 0.6) is 5.75 Å². The van der Waals surface area contributed by atoms with Gasteiger partial charge in [0, 0.05) is 4.47 Å². The van der Waals surface area contributed by atoms with Crippen molar-refractivity contribution in [1.82, 2.24) is 0 Å². The first-order valence-electron chi connectivity index (χ1n) is 6.10. The number of carbonyl (C=O) groups is 1. The van der Waals surface area contributed by atoms with Gasteiger partial charge in [0.05, 0.1) is 17.9 Å². The number of amides is 1. The third-order valence-corrected chi connectivity index (χ3v) is 3.10. The zero-order valence-electron chi connectivity index (χ0n) is 10.8. The fourth-order valence-electron chi connectivity index (χ4n) is 1.71. The maximum Gasteiger partial charge on any atom is 0.259 e. The van der Waals surface area contributed by atoms with Gasteiger partial charge in [-0.05, 0) is 37.3 Å². The lowest BCUT2D eigenvalue weighted by molar-refractivity contribution is 0.102. The van der Waals surface area contributed by atoms with Crippen molar-refractivity contribution in [2.24, 2.45) is 0 Å². The molecule has 3 nitrogen and oxygen atoms in total. The molecule has 0 atom stereocenters. The van der Waals surface area contributed by atoms with Crippen molar-refractivity contribution in [3.05, 3.63) is 58.3 Å². The molecule has 0 saturated heterocycles. The first kappa shape index (κ1) is 14.5. The van der Waals surface area contributed by atoms with E-state index in [0.717, 1.165) is 4.47 Å². The second-order valence-electron chi connectivity index (χ2n) is 4.01. The molecule has 0 bridgehead atoms. The SMILES string of the molecule is CCOc1ccc(Br)cc1C(=O)Nc1ccccc1F. The molecule has 0 saturated carbocycles. The minimum absolute atomic E-state index is 0.139. The van der Waals surface area contributed by atoms with E-state index < -0.39 is 11.7 Å². The second-order valence-corrected chi connectivity index (χ2v) is 4.92. The van der Waals surface area contributed by atoms with Crippen molar-refractivity contribution in [3.8, 4) is 5.75 Å². The molecule has 2 aromatic rings. The van der Waals surface area contributed by atoms with Gasteiger partial charge < -0.3 is 10.1 Å². The Balaban J connectivity index is 2.29. The number of anilines is 1. The summed E-state index contributed by atoms with van der Waals surface area (Å²) in [6.07, 6.45) is 0. The van der Waals surface area contributed by atoms with Gasteiger partial charge in [-0.25, -0.2) is 4.39 Å². The van der Waals surface area contributed by atoms with Gasteiger partial charge in [0.2, 0.25) is 0 Å². The smallest absolute Gasteiger partial charge is 0.259 e. The van der Waals surface area contributed by atoms with Crippen LogP contribution in [0.4, 0.5) is 10.1 Å². The van der Waals surface area contributed by atoms with E-state index in [1.54, 1.807) is 30.3 Å². The average molecular weight is 338 g/mol. The van der Waals surface area contributed by atoms with Crippen LogP contribution < -0.4 is 10.1 Å². The van der Waals surface area contributed by atoms with Crippen LogP contribution in [0.2, 0.25) is 0 Å². The minimum atomic E-state index is -0.478. The largest absolute Gasteiger partial charge is 0.493 e. The summed E-state index contributed by atoms with van der Waals surface area (Å²) in [6, 6.07) is 11.1. The highest BCUT2D eigenvalue weighted by atomic mass is 79.9. The van der Waals surface area contributed by atoms with Crippen LogP contribution in [0.25, 0.3) is 0 Å². The summed E-state index contributed by atoms with van der Waals surface area (Å²) in [5.41, 5.74) is 0.490. The molecule has 1 amide bonds. The molecule has 0 spiro atoms. The predicted octanol–water partition coefficient (Wildman–Crippen LogP) is 4.24. The summed E-state index contributed by atoms with van der Waals surface area (Å²) in [5, 5.41) is 2.54. The van der Waals surface area contributed by atoms with E-state index in [1.807, 2.05) is 6.92 Å². The third kappa shape index (κ3) is 3.36. The number of para-hydroxylation sites is 1. The van der Waals surface area contributed by atoms with Crippen LogP contribution in [0.3, 0.4) is 0 Å². The number of rotatable bonds is 4. The molecule has 2 rings (SSSR count). The molecule has 104 valence electrons. The Morgan fingerprint density at radius 2 is 2.05 bits per heavy atom. The number of halogens is 2. The van der Waals surface area contributed by atoms with Crippen molar-refractivity contribution >= 4 is 27.5 Å². The van der Waals surface area contributed by atoms with E-state index in [0.29, 0.717) is 17.9 Å². The summed E-state index contributed by atoms with van der Waals surface area (Å²) in [5.74, 6) is -0.432. The molecule has 0 aromatic heterocycles. The number of hydrogen-bond donors (Lipinski definition) is 1. The standard InChI is InChI=1S/C15H13BrFNO2/c1-2-20-14-8-7-10(16)9-11(14)15(19)18-13-6-4-3-5-12(13)17/h3-9H,2H2,1H3,(H,18,19). The van der Waals surface area contributed by atoms with Crippen molar-refractivity contribution in [1.29, 1.82) is 0 Å². The topological polar surface area (TPSA) is 38.3 Å². The number of ether oxygens (including phenoxy) is 1. The fourth-order valence-corrected chi connectivity index (χ4v) is 2.07. The lowest BCUT2D eigenvalue weighted by Crippen LogP contribution is -2.14. The van der Waals surface area contributed by atoms with Gasteiger partial charge in [-0.3, -0.25) is 4.79 Å². The van der Waals surface area contributed by atoms with Gasteiger partial charge >= 0.3 is 0 Å². The highest BCUT2D eigenvalue weighted by molar-refractivity contribution is 9.10. The zero-order valence-corrected chi connectivity index (χ0v) is 12.4. The number of carbonyl (C=O) groups excluding carboxylic acids is 1. The van der Waals surface area contributed by atoms with Crippen LogP contribution in [0.1, 0.15) is 17.3 Å². The van der Waals surface area contributed by atoms with Crippen LogP contribution in [0, 0.1) is 5.82 Å². The van der Waals surface area contributed by atoms with Gasteiger partial charge in [-0.2, -0.15) is 0 Å². The minimum Gasteiger partial charge on any atom is -0.493 e. The van der Waals surface area contributed by atoms with E-state index in [-0.39, 0.29) is 5.69 Å². The Morgan fingerprint density at radius 3 is 2.75 bits per heavy atom. The highest BCUT2D eigenvalue weighted by Gasteiger charge is 2.14. The first-order chi connectivity index (χ1) is 9.61. The molecule has 2 aromatic carbocycles. The Bertz CT molecular complexity index is 631. The average Bonchev–Trinajstić information content (AvgIpc) is 2.43. The van der Waals surface area contributed by atoms with E-state index in [2.05, 4.69) is 21.2 Å². The Hall–Kier alpha value is -1.88. The van der Waals surface area contributed by atoms with Crippen molar-refractivity contribution in [2.75, 3.05) is 11.9 Å². The molecule has 0 aliphatic rings. The van der Waals surface area contributed by atoms with Crippen molar-refractivity contribution in [3.63, 3.8) is 0 Å². The maximum atomic E-state index is 13.5. The lowest BCUT2D eigenvalue weighted by Gasteiger charge is -2.11. The molecule has 0 heterocycles. The first-order valence-corrected chi connectivity index (χ1v) is 6.89. The molecule has 20 heavy (non-hydrogen) atoms. The number of benzene rings is 2. The summed E-state index contributed by atoms with van der Waals surface area (Å²) in [7, 11) is 0. The maximum absolute atomic E-state index is 13.5. The van der Waals surface area contributed by atoms with Gasteiger partial charge in [0.1, 0.15) is 11.6 Å². The number of nitrogens with one attached hydrogen (secondary N) is 1. The third-order valence-electron chi connectivity index (χ3n) is 2.61. The Kier molecular flexibility index (Phi) is 4.74. The Morgan fingerprint density at radius 1 is 1.30 bits per heavy atom. The number of hydrogen-bond acceptors (Lipinski definition) is 2. The molecule has 0 aliphatic heterocycles. The lowest BCUT2D eigenvalue weighted by atomic mass is 10.2. The molecule has 0 aliphatic carbocycles.